The van der Waals surface area contributed by atoms with Crippen molar-refractivity contribution in [2.45, 2.75) is 6.92 Å². The number of aldehydes is 1. The van der Waals surface area contributed by atoms with Gasteiger partial charge in [-0.1, -0.05) is 17.9 Å². The van der Waals surface area contributed by atoms with Gasteiger partial charge in [-0.2, -0.15) is 0 Å². The molecule has 0 aliphatic heterocycles. The summed E-state index contributed by atoms with van der Waals surface area (Å²) in [5.74, 6) is 10.4. The summed E-state index contributed by atoms with van der Waals surface area (Å²) >= 11 is 0. The molecule has 0 radical (unpaired) electrons. The maximum absolute atomic E-state index is 9.74. The third-order valence-corrected chi connectivity index (χ3v) is 0.715. The minimum absolute atomic E-state index is 0.675. The molecule has 0 fully saturated rings. The molecular weight excluding hydrogens is 136 g/mol. The highest BCUT2D eigenvalue weighted by Gasteiger charge is 1.57. The van der Waals surface area contributed by atoms with Crippen LogP contribution in [0.3, 0.4) is 0 Å². The van der Waals surface area contributed by atoms with Crippen LogP contribution in [0.5, 0.6) is 0 Å². The van der Waals surface area contributed by atoms with Crippen molar-refractivity contribution >= 4 is 6.29 Å². The van der Waals surface area contributed by atoms with Crippen molar-refractivity contribution < 1.29 is 4.79 Å². The van der Waals surface area contributed by atoms with E-state index in [1.54, 1.807) is 6.08 Å². The third kappa shape index (κ3) is 8.27. The van der Waals surface area contributed by atoms with E-state index in [1.807, 2.05) is 13.0 Å². The zero-order chi connectivity index (χ0) is 8.36. The summed E-state index contributed by atoms with van der Waals surface area (Å²) in [6.45, 7) is 1.88. The summed E-state index contributed by atoms with van der Waals surface area (Å²) in [5.41, 5.74) is 0. The van der Waals surface area contributed by atoms with Crippen LogP contribution in [0, 0.1) is 23.7 Å². The van der Waals surface area contributed by atoms with E-state index in [4.69, 9.17) is 0 Å². The number of rotatable bonds is 1. The molecule has 0 heterocycles. The molecule has 0 spiro atoms. The van der Waals surface area contributed by atoms with Crippen molar-refractivity contribution in [2.75, 3.05) is 0 Å². The zero-order valence-corrected chi connectivity index (χ0v) is 6.29. The predicted molar refractivity (Wildman–Crippen MR) is 45.6 cm³/mol. The highest BCUT2D eigenvalue weighted by molar-refractivity contribution is 5.65. The van der Waals surface area contributed by atoms with Gasteiger partial charge in [0.15, 0.2) is 0 Å². The van der Waals surface area contributed by atoms with E-state index in [9.17, 15) is 4.79 Å². The first-order valence-corrected chi connectivity index (χ1v) is 3.14. The maximum atomic E-state index is 9.74. The summed E-state index contributed by atoms with van der Waals surface area (Å²) in [5, 5.41) is 0. The average molecular weight is 144 g/mol. The lowest BCUT2D eigenvalue weighted by atomic mass is 10.4. The van der Waals surface area contributed by atoms with Crippen molar-refractivity contribution in [2.24, 2.45) is 0 Å². The summed E-state index contributed by atoms with van der Waals surface area (Å²) in [6.07, 6.45) is 6.99. The van der Waals surface area contributed by atoms with Crippen LogP contribution in [0.1, 0.15) is 6.92 Å². The topological polar surface area (TPSA) is 17.1 Å². The molecule has 1 heteroatoms. The van der Waals surface area contributed by atoms with Crippen molar-refractivity contribution in [3.05, 3.63) is 24.3 Å². The van der Waals surface area contributed by atoms with E-state index in [2.05, 4.69) is 23.7 Å². The van der Waals surface area contributed by atoms with E-state index in [0.717, 1.165) is 0 Å². The van der Waals surface area contributed by atoms with E-state index >= 15 is 0 Å². The van der Waals surface area contributed by atoms with E-state index in [0.29, 0.717) is 6.29 Å². The van der Waals surface area contributed by atoms with Gasteiger partial charge in [0.2, 0.25) is 0 Å². The molecule has 0 saturated heterocycles. The lowest BCUT2D eigenvalue weighted by molar-refractivity contribution is -0.104. The Morgan fingerprint density at radius 3 is 2.27 bits per heavy atom. The Balaban J connectivity index is 3.83. The van der Waals surface area contributed by atoms with Crippen molar-refractivity contribution in [1.82, 2.24) is 0 Å². The quantitative estimate of drug-likeness (QED) is 0.308. The fourth-order valence-electron chi connectivity index (χ4n) is 0.326. The van der Waals surface area contributed by atoms with Gasteiger partial charge < -0.3 is 0 Å². The molecule has 0 aromatic rings. The number of allylic oxidation sites excluding steroid dienone is 4. The molecule has 1 nitrogen and oxygen atoms in total. The Hall–Kier alpha value is -1.73. The number of hydrogen-bond donors (Lipinski definition) is 0. The second-order valence-corrected chi connectivity index (χ2v) is 1.53. The zero-order valence-electron chi connectivity index (χ0n) is 6.29. The molecule has 0 amide bonds. The van der Waals surface area contributed by atoms with Gasteiger partial charge in [0.05, 0.1) is 0 Å². The molecule has 0 aliphatic rings. The lowest BCUT2D eigenvalue weighted by Crippen LogP contribution is -1.56. The molecule has 0 rings (SSSR count). The highest BCUT2D eigenvalue weighted by atomic mass is 16.1. The summed E-state index contributed by atoms with van der Waals surface area (Å²) < 4.78 is 0. The first-order chi connectivity index (χ1) is 5.41. The van der Waals surface area contributed by atoms with E-state index in [1.165, 1.54) is 12.2 Å². The normalized spacial score (nSPS) is 8.45. The van der Waals surface area contributed by atoms with Crippen LogP contribution in [0.2, 0.25) is 0 Å². The average Bonchev–Trinajstić information content (AvgIpc) is 2.03. The smallest absolute Gasteiger partial charge is 0.143 e. The second kappa shape index (κ2) is 8.27. The second-order valence-electron chi connectivity index (χ2n) is 1.53. The van der Waals surface area contributed by atoms with Crippen LogP contribution in [0.4, 0.5) is 0 Å². The Labute approximate surface area is 66.8 Å². The third-order valence-electron chi connectivity index (χ3n) is 0.715. The first kappa shape index (κ1) is 9.27. The number of hydrogen-bond acceptors (Lipinski definition) is 1. The van der Waals surface area contributed by atoms with Gasteiger partial charge in [-0.3, -0.25) is 4.79 Å². The van der Waals surface area contributed by atoms with Crippen molar-refractivity contribution in [3.8, 4) is 23.7 Å². The monoisotopic (exact) mass is 144 g/mol. The van der Waals surface area contributed by atoms with E-state index < -0.39 is 0 Å². The maximum Gasteiger partial charge on any atom is 0.143 e. The van der Waals surface area contributed by atoms with Crippen molar-refractivity contribution in [1.29, 1.82) is 0 Å². The first-order valence-electron chi connectivity index (χ1n) is 3.14. The minimum atomic E-state index is 0.675. The Bertz CT molecular complexity index is 273. The molecule has 0 aromatic heterocycles. The predicted octanol–water partition coefficient (Wildman–Crippen LogP) is 1.32. The Morgan fingerprint density at radius 1 is 1.09 bits per heavy atom. The van der Waals surface area contributed by atoms with E-state index in [-0.39, 0.29) is 0 Å². The Morgan fingerprint density at radius 2 is 1.73 bits per heavy atom. The Kier molecular flexibility index (Phi) is 6.97. The molecule has 0 atom stereocenters. The standard InChI is InChI=1S/C10H8O/c1-2-3-4-5-6-7-8-9-10-11/h2-3,8-10H,1H3. The molecule has 0 unspecified atom stereocenters. The molecule has 0 aromatic carbocycles. The van der Waals surface area contributed by atoms with Gasteiger partial charge in [0.25, 0.3) is 0 Å². The summed E-state index contributed by atoms with van der Waals surface area (Å²) in [7, 11) is 0. The molecule has 0 aliphatic carbocycles. The SMILES string of the molecule is CC=CC#CC#CC=CC=O. The molecule has 0 N–H and O–H groups in total. The van der Waals surface area contributed by atoms with Gasteiger partial charge >= 0.3 is 0 Å². The number of carbonyl (C=O) groups excluding carboxylic acids is 1. The fourth-order valence-corrected chi connectivity index (χ4v) is 0.326. The minimum Gasteiger partial charge on any atom is -0.299 e. The van der Waals surface area contributed by atoms with Gasteiger partial charge in [0.1, 0.15) is 6.29 Å². The van der Waals surface area contributed by atoms with Gasteiger partial charge in [-0.05, 0) is 37.0 Å². The van der Waals surface area contributed by atoms with Crippen LogP contribution in [-0.4, -0.2) is 6.29 Å². The van der Waals surface area contributed by atoms with Crippen LogP contribution < -0.4 is 0 Å². The summed E-state index contributed by atoms with van der Waals surface area (Å²) in [4.78, 5) is 9.74. The van der Waals surface area contributed by atoms with Crippen LogP contribution >= 0.6 is 0 Å². The highest BCUT2D eigenvalue weighted by Crippen LogP contribution is 1.65. The van der Waals surface area contributed by atoms with Crippen LogP contribution in [-0.2, 0) is 4.79 Å². The molecule has 11 heavy (non-hydrogen) atoms. The van der Waals surface area contributed by atoms with Crippen molar-refractivity contribution in [3.63, 3.8) is 0 Å². The van der Waals surface area contributed by atoms with Gasteiger partial charge in [-0.25, -0.2) is 0 Å². The van der Waals surface area contributed by atoms with Gasteiger partial charge in [-0.15, -0.1) is 0 Å². The lowest BCUT2D eigenvalue weighted by Gasteiger charge is -1.60. The fraction of sp³-hybridized carbons (Fsp3) is 0.100. The van der Waals surface area contributed by atoms with Gasteiger partial charge in [0, 0.05) is 0 Å². The number of carbonyl (C=O) groups is 1. The molecule has 0 bridgehead atoms. The summed E-state index contributed by atoms with van der Waals surface area (Å²) in [6, 6.07) is 0. The molecule has 0 saturated carbocycles. The van der Waals surface area contributed by atoms with Crippen LogP contribution in [0.15, 0.2) is 24.3 Å². The largest absolute Gasteiger partial charge is 0.299 e. The molecular formula is C10H8O. The van der Waals surface area contributed by atoms with Crippen LogP contribution in [0.25, 0.3) is 0 Å². The molecule has 54 valence electrons.